The van der Waals surface area contributed by atoms with E-state index in [1.54, 1.807) is 28.0 Å². The molecular formula is C24H27Cl2FN6O2. The van der Waals surface area contributed by atoms with Crippen molar-refractivity contribution in [3.8, 4) is 0 Å². The van der Waals surface area contributed by atoms with E-state index in [4.69, 9.17) is 28.6 Å². The topological polar surface area (TPSA) is 105 Å². The first-order valence-electron chi connectivity index (χ1n) is 11.5. The van der Waals surface area contributed by atoms with E-state index in [1.807, 2.05) is 0 Å². The molecule has 0 spiro atoms. The number of anilines is 2. The second kappa shape index (κ2) is 11.4. The summed E-state index contributed by atoms with van der Waals surface area (Å²) in [6.45, 7) is 1.13. The van der Waals surface area contributed by atoms with Crippen LogP contribution in [0.1, 0.15) is 31.4 Å². The van der Waals surface area contributed by atoms with Crippen molar-refractivity contribution < 1.29 is 14.3 Å². The molecule has 4 rings (SSSR count). The van der Waals surface area contributed by atoms with Crippen molar-refractivity contribution in [3.05, 3.63) is 52.2 Å². The SMILES string of the molecule is N=C=CCCc1ncnc(N2C[C@@H](O)C[C@@H](N3CCCC(Nc4cc(Cl)cc(Cl)c4)C3=O)C2)c1F. The van der Waals surface area contributed by atoms with Crippen LogP contribution in [0.3, 0.4) is 0 Å². The highest BCUT2D eigenvalue weighted by Gasteiger charge is 2.38. The zero-order valence-electron chi connectivity index (χ0n) is 19.1. The van der Waals surface area contributed by atoms with Crippen molar-refractivity contribution in [2.24, 2.45) is 0 Å². The minimum atomic E-state index is -0.736. The van der Waals surface area contributed by atoms with E-state index in [-0.39, 0.29) is 30.0 Å². The van der Waals surface area contributed by atoms with Gasteiger partial charge in [0.1, 0.15) is 12.4 Å². The molecule has 1 amide bonds. The summed E-state index contributed by atoms with van der Waals surface area (Å²) in [7, 11) is 0. The molecule has 1 aromatic carbocycles. The maximum Gasteiger partial charge on any atom is 0.245 e. The predicted octanol–water partition coefficient (Wildman–Crippen LogP) is 3.70. The van der Waals surface area contributed by atoms with Crippen molar-refractivity contribution in [1.82, 2.24) is 14.9 Å². The van der Waals surface area contributed by atoms with Gasteiger partial charge in [-0.3, -0.25) is 10.2 Å². The number of aliphatic hydroxyl groups excluding tert-OH is 1. The number of rotatable bonds is 7. The molecule has 8 nitrogen and oxygen atoms in total. The van der Waals surface area contributed by atoms with Gasteiger partial charge in [0.15, 0.2) is 11.6 Å². The highest BCUT2D eigenvalue weighted by Crippen LogP contribution is 2.29. The fourth-order valence-corrected chi connectivity index (χ4v) is 5.28. The molecule has 1 unspecified atom stereocenters. The number of likely N-dealkylation sites (tertiary alicyclic amines) is 1. The number of amides is 1. The quantitative estimate of drug-likeness (QED) is 0.480. The Morgan fingerprint density at radius 1 is 1.26 bits per heavy atom. The monoisotopic (exact) mass is 520 g/mol. The van der Waals surface area contributed by atoms with Crippen LogP contribution in [0.15, 0.2) is 30.6 Å². The van der Waals surface area contributed by atoms with Gasteiger partial charge in [0, 0.05) is 35.4 Å². The maximum absolute atomic E-state index is 15.2. The minimum absolute atomic E-state index is 0.0753. The van der Waals surface area contributed by atoms with Gasteiger partial charge in [-0.05, 0) is 62.2 Å². The number of hydrogen-bond donors (Lipinski definition) is 3. The second-order valence-electron chi connectivity index (χ2n) is 8.82. The van der Waals surface area contributed by atoms with Gasteiger partial charge in [-0.25, -0.2) is 14.4 Å². The van der Waals surface area contributed by atoms with Crippen LogP contribution in [0.5, 0.6) is 0 Å². The number of aliphatic hydroxyl groups is 1. The lowest BCUT2D eigenvalue weighted by atomic mass is 9.96. The molecule has 3 N–H and O–H groups in total. The summed E-state index contributed by atoms with van der Waals surface area (Å²) in [4.78, 5) is 25.0. The highest BCUT2D eigenvalue weighted by atomic mass is 35.5. The van der Waals surface area contributed by atoms with Crippen molar-refractivity contribution in [2.45, 2.75) is 50.3 Å². The Morgan fingerprint density at radius 2 is 2.03 bits per heavy atom. The van der Waals surface area contributed by atoms with Crippen LogP contribution in [-0.4, -0.2) is 69.6 Å². The molecule has 11 heteroatoms. The molecule has 3 atom stereocenters. The van der Waals surface area contributed by atoms with Gasteiger partial charge in [0.2, 0.25) is 5.91 Å². The number of halogens is 3. The van der Waals surface area contributed by atoms with Gasteiger partial charge in [-0.2, -0.15) is 0 Å². The van der Waals surface area contributed by atoms with E-state index in [2.05, 4.69) is 21.2 Å². The van der Waals surface area contributed by atoms with Gasteiger partial charge >= 0.3 is 0 Å². The first-order valence-corrected chi connectivity index (χ1v) is 12.3. The molecule has 35 heavy (non-hydrogen) atoms. The molecule has 2 aliphatic heterocycles. The number of carbonyl (C=O) groups is 1. The van der Waals surface area contributed by atoms with Crippen molar-refractivity contribution >= 4 is 46.5 Å². The number of benzene rings is 1. The fourth-order valence-electron chi connectivity index (χ4n) is 4.75. The van der Waals surface area contributed by atoms with Gasteiger partial charge in [-0.15, -0.1) is 0 Å². The Bertz CT molecular complexity index is 1110. The molecule has 1 aromatic heterocycles. The molecule has 2 aromatic rings. The summed E-state index contributed by atoms with van der Waals surface area (Å²) >= 11 is 12.2. The summed E-state index contributed by atoms with van der Waals surface area (Å²) in [5, 5.41) is 21.8. The third-order valence-corrected chi connectivity index (χ3v) is 6.73. The Labute approximate surface area is 213 Å². The number of allylic oxidation sites excluding steroid dienone is 1. The molecule has 0 saturated carbocycles. The van der Waals surface area contributed by atoms with Crippen LogP contribution in [0.25, 0.3) is 0 Å². The molecule has 0 radical (unpaired) electrons. The second-order valence-corrected chi connectivity index (χ2v) is 9.70. The zero-order chi connectivity index (χ0) is 24.9. The van der Waals surface area contributed by atoms with Gasteiger partial charge in [-0.1, -0.05) is 23.2 Å². The van der Waals surface area contributed by atoms with E-state index in [0.717, 1.165) is 6.42 Å². The third kappa shape index (κ3) is 6.11. The summed E-state index contributed by atoms with van der Waals surface area (Å²) < 4.78 is 15.2. The summed E-state index contributed by atoms with van der Waals surface area (Å²) in [5.41, 5.74) is 0.915. The van der Waals surface area contributed by atoms with Crippen LogP contribution in [-0.2, 0) is 11.2 Å². The predicted molar refractivity (Wildman–Crippen MR) is 134 cm³/mol. The Kier molecular flexibility index (Phi) is 8.23. The Hall–Kier alpha value is -2.71. The first-order chi connectivity index (χ1) is 16.9. The van der Waals surface area contributed by atoms with Crippen molar-refractivity contribution in [2.75, 3.05) is 29.9 Å². The number of β-amino-alcohol motifs (C(OH)–C–C–N with tert-alkyl or cyclic N) is 1. The molecule has 2 saturated heterocycles. The summed E-state index contributed by atoms with van der Waals surface area (Å²) in [6, 6.07) is 4.33. The maximum atomic E-state index is 15.2. The van der Waals surface area contributed by atoms with Crippen LogP contribution >= 0.6 is 23.2 Å². The van der Waals surface area contributed by atoms with E-state index >= 15 is 4.39 Å². The van der Waals surface area contributed by atoms with E-state index in [9.17, 15) is 9.90 Å². The normalized spacial score (nSPS) is 22.6. The molecule has 2 aliphatic rings. The van der Waals surface area contributed by atoms with Crippen LogP contribution in [0.4, 0.5) is 15.9 Å². The average molecular weight is 521 g/mol. The van der Waals surface area contributed by atoms with Crippen molar-refractivity contribution in [1.29, 1.82) is 5.41 Å². The number of nitrogens with zero attached hydrogens (tertiary/aromatic N) is 4. The largest absolute Gasteiger partial charge is 0.391 e. The number of carbonyl (C=O) groups excluding carboxylic acids is 1. The Balaban J connectivity index is 1.49. The lowest BCUT2D eigenvalue weighted by Gasteiger charge is -2.44. The zero-order valence-corrected chi connectivity index (χ0v) is 20.6. The standard InChI is InChI=1S/C24H27Cl2FN6O2/c25-15-8-16(26)10-17(9-15)31-21-5-3-7-33(24(21)35)18-11-19(34)13-32(12-18)23-22(27)20(29-14-30-23)4-1-2-6-28/h2,8-10,14,18-19,21,28,31,34H,1,3-5,7,11-13H2/t18-,19+,21?/m1/s1. The number of aromatic nitrogens is 2. The van der Waals surface area contributed by atoms with E-state index < -0.39 is 18.0 Å². The minimum Gasteiger partial charge on any atom is -0.391 e. The summed E-state index contributed by atoms with van der Waals surface area (Å²) in [5.74, 6) is 1.67. The number of piperidine rings is 2. The average Bonchev–Trinajstić information content (AvgIpc) is 2.80. The van der Waals surface area contributed by atoms with E-state index in [1.165, 1.54) is 12.4 Å². The number of hydrogen-bond acceptors (Lipinski definition) is 7. The number of aryl methyl sites for hydroxylation is 1. The van der Waals surface area contributed by atoms with Crippen LogP contribution in [0, 0.1) is 11.2 Å². The van der Waals surface area contributed by atoms with Crippen LogP contribution < -0.4 is 10.2 Å². The Morgan fingerprint density at radius 3 is 2.77 bits per heavy atom. The molecule has 0 bridgehead atoms. The first kappa shape index (κ1) is 25.4. The van der Waals surface area contributed by atoms with E-state index in [0.29, 0.717) is 54.5 Å². The lowest BCUT2D eigenvalue weighted by Crippen LogP contribution is -2.59. The lowest BCUT2D eigenvalue weighted by molar-refractivity contribution is -0.137. The molecule has 2 fully saturated rings. The summed E-state index contributed by atoms with van der Waals surface area (Å²) in [6.07, 6.45) is 4.69. The van der Waals surface area contributed by atoms with Gasteiger partial charge < -0.3 is 20.2 Å². The molecular weight excluding hydrogens is 494 g/mol. The van der Waals surface area contributed by atoms with Gasteiger partial charge in [0.25, 0.3) is 0 Å². The van der Waals surface area contributed by atoms with Crippen molar-refractivity contribution in [3.63, 3.8) is 0 Å². The smallest absolute Gasteiger partial charge is 0.245 e. The molecule has 3 heterocycles. The molecule has 186 valence electrons. The number of nitrogens with one attached hydrogen (secondary N) is 2. The van der Waals surface area contributed by atoms with Gasteiger partial charge in [0.05, 0.1) is 17.8 Å². The highest BCUT2D eigenvalue weighted by molar-refractivity contribution is 6.35. The van der Waals surface area contributed by atoms with Crippen LogP contribution in [0.2, 0.25) is 10.0 Å². The fraction of sp³-hybridized carbons (Fsp3) is 0.458. The third-order valence-electron chi connectivity index (χ3n) is 6.29. The molecule has 0 aliphatic carbocycles.